The number of aromatic nitrogens is 2. The molecule has 0 fully saturated rings. The summed E-state index contributed by atoms with van der Waals surface area (Å²) in [7, 11) is 0. The highest BCUT2D eigenvalue weighted by molar-refractivity contribution is 6.67. The molecule has 2 aromatic rings. The van der Waals surface area contributed by atoms with Gasteiger partial charge in [-0.25, -0.2) is 0 Å². The molecule has 0 saturated carbocycles. The van der Waals surface area contributed by atoms with Gasteiger partial charge in [0.15, 0.2) is 3.79 Å². The zero-order chi connectivity index (χ0) is 10.9. The molecule has 0 amide bonds. The third-order valence-corrected chi connectivity index (χ3v) is 2.42. The van der Waals surface area contributed by atoms with Crippen LogP contribution in [0.4, 0.5) is 0 Å². The molecule has 5 heteroatoms. The number of nitrogens with zero attached hydrogens (tertiary/aromatic N) is 2. The number of fused-ring (bicyclic) bond motifs is 1. The smallest absolute Gasteiger partial charge is 0.158 e. The summed E-state index contributed by atoms with van der Waals surface area (Å²) in [5, 5.41) is 8.83. The average Bonchev–Trinajstić information content (AvgIpc) is 2.16. The van der Waals surface area contributed by atoms with Crippen LogP contribution in [0.5, 0.6) is 0 Å². The molecule has 78 valence electrons. The lowest BCUT2D eigenvalue weighted by molar-refractivity contribution is 0.980. The van der Waals surface area contributed by atoms with Gasteiger partial charge in [-0.3, -0.25) is 0 Å². The number of halogens is 3. The van der Waals surface area contributed by atoms with Gasteiger partial charge < -0.3 is 0 Å². The van der Waals surface area contributed by atoms with E-state index in [0.29, 0.717) is 6.42 Å². The first-order valence-electron chi connectivity index (χ1n) is 4.32. The zero-order valence-electron chi connectivity index (χ0n) is 7.62. The molecule has 1 aromatic heterocycles. The van der Waals surface area contributed by atoms with Crippen molar-refractivity contribution in [3.8, 4) is 0 Å². The number of hydrogen-bond acceptors (Lipinski definition) is 2. The van der Waals surface area contributed by atoms with Gasteiger partial charge in [-0.1, -0.05) is 53.0 Å². The molecule has 0 radical (unpaired) electrons. The predicted octanol–water partition coefficient (Wildman–Crippen LogP) is 3.54. The van der Waals surface area contributed by atoms with Crippen molar-refractivity contribution in [3.05, 3.63) is 36.0 Å². The van der Waals surface area contributed by atoms with Crippen molar-refractivity contribution in [2.75, 3.05) is 0 Å². The molecule has 0 aliphatic heterocycles. The largest absolute Gasteiger partial charge is 0.194 e. The van der Waals surface area contributed by atoms with Crippen molar-refractivity contribution < 1.29 is 0 Å². The normalized spacial score (nSPS) is 11.9. The van der Waals surface area contributed by atoms with E-state index in [4.69, 9.17) is 34.8 Å². The summed E-state index contributed by atoms with van der Waals surface area (Å²) in [4.78, 5) is 0. The molecule has 0 unspecified atom stereocenters. The lowest BCUT2D eigenvalue weighted by atomic mass is 10.1. The van der Waals surface area contributed by atoms with E-state index in [1.165, 1.54) is 0 Å². The Hall–Kier alpha value is -0.570. The molecule has 0 N–H and O–H groups in total. The molecule has 1 aromatic carbocycles. The molecule has 2 nitrogen and oxygen atoms in total. The molecule has 0 bridgehead atoms. The van der Waals surface area contributed by atoms with Crippen molar-refractivity contribution in [2.24, 2.45) is 0 Å². The summed E-state index contributed by atoms with van der Waals surface area (Å²) in [6, 6.07) is 7.64. The van der Waals surface area contributed by atoms with Crippen LogP contribution in [0.1, 0.15) is 5.56 Å². The zero-order valence-corrected chi connectivity index (χ0v) is 9.89. The van der Waals surface area contributed by atoms with E-state index in [9.17, 15) is 0 Å². The summed E-state index contributed by atoms with van der Waals surface area (Å²) in [5.74, 6) is 0. The fraction of sp³-hybridized carbons (Fsp3) is 0.200. The molecule has 2 rings (SSSR count). The van der Waals surface area contributed by atoms with Gasteiger partial charge in [0.2, 0.25) is 0 Å². The van der Waals surface area contributed by atoms with Gasteiger partial charge in [-0.05, 0) is 11.6 Å². The van der Waals surface area contributed by atoms with Crippen molar-refractivity contribution in [1.29, 1.82) is 0 Å². The van der Waals surface area contributed by atoms with E-state index in [1.807, 2.05) is 24.3 Å². The Morgan fingerprint density at radius 1 is 1.13 bits per heavy atom. The first-order valence-corrected chi connectivity index (χ1v) is 5.46. The minimum absolute atomic E-state index is 0.327. The lowest BCUT2D eigenvalue weighted by Crippen LogP contribution is -2.07. The molecular weight excluding hydrogens is 254 g/mol. The third-order valence-electron chi connectivity index (χ3n) is 2.02. The van der Waals surface area contributed by atoms with Crippen LogP contribution in [0.15, 0.2) is 30.5 Å². The summed E-state index contributed by atoms with van der Waals surface area (Å²) in [6.07, 6.45) is 1.96. The Morgan fingerprint density at radius 3 is 2.60 bits per heavy atom. The maximum absolute atomic E-state index is 5.75. The Morgan fingerprint density at radius 2 is 1.87 bits per heavy atom. The monoisotopic (exact) mass is 260 g/mol. The number of alkyl halides is 3. The van der Waals surface area contributed by atoms with Gasteiger partial charge in [-0.15, -0.1) is 0 Å². The van der Waals surface area contributed by atoms with Crippen molar-refractivity contribution in [1.82, 2.24) is 10.2 Å². The van der Waals surface area contributed by atoms with Gasteiger partial charge in [0.1, 0.15) is 0 Å². The highest BCUT2D eigenvalue weighted by Gasteiger charge is 2.21. The van der Waals surface area contributed by atoms with E-state index in [0.717, 1.165) is 16.5 Å². The van der Waals surface area contributed by atoms with Gasteiger partial charge in [0.25, 0.3) is 0 Å². The summed E-state index contributed by atoms with van der Waals surface area (Å²) >= 11 is 17.3. The van der Waals surface area contributed by atoms with E-state index in [2.05, 4.69) is 10.2 Å². The fourth-order valence-corrected chi connectivity index (χ4v) is 1.85. The molecule has 0 spiro atoms. The molecule has 0 aliphatic rings. The molecule has 0 atom stereocenters. The number of rotatable bonds is 1. The number of benzene rings is 1. The summed E-state index contributed by atoms with van der Waals surface area (Å²) in [6.45, 7) is 0. The second kappa shape index (κ2) is 4.12. The van der Waals surface area contributed by atoms with Crippen LogP contribution >= 0.6 is 34.8 Å². The fourth-order valence-electron chi connectivity index (χ4n) is 1.42. The Labute approximate surface area is 102 Å². The van der Waals surface area contributed by atoms with E-state index >= 15 is 0 Å². The summed E-state index contributed by atoms with van der Waals surface area (Å²) < 4.78 is -1.30. The molecule has 1 heterocycles. The van der Waals surface area contributed by atoms with Crippen LogP contribution in [0.2, 0.25) is 0 Å². The maximum atomic E-state index is 5.75. The quantitative estimate of drug-likeness (QED) is 0.734. The Kier molecular flexibility index (Phi) is 3.01. The maximum Gasteiger partial charge on any atom is 0.194 e. The van der Waals surface area contributed by atoms with Crippen molar-refractivity contribution >= 4 is 45.7 Å². The van der Waals surface area contributed by atoms with Crippen molar-refractivity contribution in [3.63, 3.8) is 0 Å². The van der Waals surface area contributed by atoms with Gasteiger partial charge in [0.05, 0.1) is 11.7 Å². The Bertz CT molecular complexity index is 474. The molecule has 15 heavy (non-hydrogen) atoms. The second-order valence-corrected chi connectivity index (χ2v) is 5.69. The van der Waals surface area contributed by atoms with Crippen LogP contribution < -0.4 is 0 Å². The standard InChI is InChI=1S/C10H7Cl3N2/c11-10(12,13)5-7-6-14-15-9-4-2-1-3-8(7)9/h1-4,6H,5H2. The number of hydrogen-bond donors (Lipinski definition) is 0. The SMILES string of the molecule is ClC(Cl)(Cl)Cc1cnnc2ccccc12. The van der Waals surface area contributed by atoms with E-state index < -0.39 is 3.79 Å². The predicted molar refractivity (Wildman–Crippen MR) is 63.5 cm³/mol. The summed E-state index contributed by atoms with van der Waals surface area (Å²) in [5.41, 5.74) is 1.70. The average molecular weight is 262 g/mol. The van der Waals surface area contributed by atoms with Crippen LogP contribution in [-0.4, -0.2) is 14.0 Å². The molecular formula is C10H7Cl3N2. The van der Waals surface area contributed by atoms with Gasteiger partial charge >= 0.3 is 0 Å². The van der Waals surface area contributed by atoms with E-state index in [-0.39, 0.29) is 0 Å². The highest BCUT2D eigenvalue weighted by Crippen LogP contribution is 2.32. The van der Waals surface area contributed by atoms with Crippen LogP contribution in [-0.2, 0) is 6.42 Å². The van der Waals surface area contributed by atoms with Crippen LogP contribution in [0.3, 0.4) is 0 Å². The minimum atomic E-state index is -1.30. The first kappa shape index (κ1) is 10.9. The Balaban J connectivity index is 2.52. The highest BCUT2D eigenvalue weighted by atomic mass is 35.6. The van der Waals surface area contributed by atoms with Gasteiger partial charge in [0, 0.05) is 11.8 Å². The second-order valence-electron chi connectivity index (χ2n) is 3.18. The van der Waals surface area contributed by atoms with Crippen molar-refractivity contribution in [2.45, 2.75) is 10.2 Å². The first-order chi connectivity index (χ1) is 7.06. The minimum Gasteiger partial charge on any atom is -0.158 e. The molecule has 0 saturated heterocycles. The lowest BCUT2D eigenvalue weighted by Gasteiger charge is -2.11. The van der Waals surface area contributed by atoms with Crippen LogP contribution in [0, 0.1) is 0 Å². The topological polar surface area (TPSA) is 25.8 Å². The van der Waals surface area contributed by atoms with Gasteiger partial charge in [-0.2, -0.15) is 10.2 Å². The van der Waals surface area contributed by atoms with E-state index in [1.54, 1.807) is 6.20 Å². The molecule has 0 aliphatic carbocycles. The van der Waals surface area contributed by atoms with Crippen LogP contribution in [0.25, 0.3) is 10.9 Å². The third kappa shape index (κ3) is 2.71.